The average molecular weight is 319 g/mol. The molecule has 1 amide bonds. The Kier molecular flexibility index (Phi) is 4.07. The van der Waals surface area contributed by atoms with E-state index in [1.807, 2.05) is 0 Å². The van der Waals surface area contributed by atoms with E-state index in [0.29, 0.717) is 21.6 Å². The van der Waals surface area contributed by atoms with Gasteiger partial charge in [-0.15, -0.1) is 0 Å². The molecule has 0 aromatic heterocycles. The van der Waals surface area contributed by atoms with E-state index in [0.717, 1.165) is 12.8 Å². The Morgan fingerprint density at radius 3 is 3.00 bits per heavy atom. The van der Waals surface area contributed by atoms with E-state index < -0.39 is 0 Å². The van der Waals surface area contributed by atoms with Crippen molar-refractivity contribution < 1.29 is 9.90 Å². The monoisotopic (exact) mass is 317 g/mol. The molecule has 0 aliphatic carbocycles. The smallest absolute Gasteiger partial charge is 0.255 e. The van der Waals surface area contributed by atoms with Crippen LogP contribution in [-0.4, -0.2) is 35.1 Å². The van der Waals surface area contributed by atoms with Crippen molar-refractivity contribution in [3.63, 3.8) is 0 Å². The van der Waals surface area contributed by atoms with Gasteiger partial charge in [0.15, 0.2) is 0 Å². The van der Waals surface area contributed by atoms with E-state index in [1.54, 1.807) is 23.1 Å². The van der Waals surface area contributed by atoms with Crippen LogP contribution in [0.4, 0.5) is 0 Å². The molecule has 1 heterocycles. The molecule has 1 N–H and O–H groups in total. The third-order valence-electron chi connectivity index (χ3n) is 3.01. The Hall–Kier alpha value is -0.580. The number of halogens is 2. The predicted octanol–water partition coefficient (Wildman–Crippen LogP) is 2.70. The summed E-state index contributed by atoms with van der Waals surface area (Å²) in [5.41, 5.74) is 0.592. The summed E-state index contributed by atoms with van der Waals surface area (Å²) >= 11 is 9.18. The molecule has 1 aromatic rings. The van der Waals surface area contributed by atoms with Crippen molar-refractivity contribution in [2.75, 3.05) is 13.2 Å². The van der Waals surface area contributed by atoms with E-state index in [4.69, 9.17) is 11.6 Å². The SMILES string of the molecule is O=C(c1ccc(Cl)cc1Br)N1CCC[C@@H]1CO. The summed E-state index contributed by atoms with van der Waals surface area (Å²) in [6.07, 6.45) is 1.82. The van der Waals surface area contributed by atoms with Gasteiger partial charge < -0.3 is 10.0 Å². The second kappa shape index (κ2) is 5.38. The van der Waals surface area contributed by atoms with Crippen LogP contribution in [0.2, 0.25) is 5.02 Å². The van der Waals surface area contributed by atoms with Gasteiger partial charge >= 0.3 is 0 Å². The van der Waals surface area contributed by atoms with Crippen LogP contribution in [0, 0.1) is 0 Å². The number of nitrogens with zero attached hydrogens (tertiary/aromatic N) is 1. The number of aliphatic hydroxyl groups is 1. The fraction of sp³-hybridized carbons (Fsp3) is 0.417. The first-order chi connectivity index (χ1) is 8.13. The lowest BCUT2D eigenvalue weighted by atomic mass is 10.2. The van der Waals surface area contributed by atoms with Crippen molar-refractivity contribution in [2.24, 2.45) is 0 Å². The summed E-state index contributed by atoms with van der Waals surface area (Å²) in [5, 5.41) is 9.81. The maximum absolute atomic E-state index is 12.3. The van der Waals surface area contributed by atoms with Crippen molar-refractivity contribution in [3.05, 3.63) is 33.3 Å². The van der Waals surface area contributed by atoms with Gasteiger partial charge in [-0.05, 0) is 47.0 Å². The number of carbonyl (C=O) groups excluding carboxylic acids is 1. The maximum Gasteiger partial charge on any atom is 0.255 e. The van der Waals surface area contributed by atoms with Crippen molar-refractivity contribution in [1.29, 1.82) is 0 Å². The van der Waals surface area contributed by atoms with Gasteiger partial charge in [0.05, 0.1) is 18.2 Å². The minimum atomic E-state index is -0.0509. The number of carbonyl (C=O) groups is 1. The Morgan fingerprint density at radius 1 is 1.59 bits per heavy atom. The Bertz CT molecular complexity index is 439. The topological polar surface area (TPSA) is 40.5 Å². The standard InChI is InChI=1S/C12H13BrClNO2/c13-11-6-8(14)3-4-10(11)12(17)15-5-1-2-9(15)7-16/h3-4,6,9,16H,1-2,5,7H2/t9-/m1/s1. The molecule has 1 atom stereocenters. The van der Waals surface area contributed by atoms with Gasteiger partial charge in [0.1, 0.15) is 0 Å². The molecular formula is C12H13BrClNO2. The highest BCUT2D eigenvalue weighted by Gasteiger charge is 2.29. The van der Waals surface area contributed by atoms with Crippen LogP contribution in [0.5, 0.6) is 0 Å². The molecule has 3 nitrogen and oxygen atoms in total. The highest BCUT2D eigenvalue weighted by Crippen LogP contribution is 2.26. The van der Waals surface area contributed by atoms with Crippen LogP contribution in [0.15, 0.2) is 22.7 Å². The van der Waals surface area contributed by atoms with Gasteiger partial charge in [-0.2, -0.15) is 0 Å². The lowest BCUT2D eigenvalue weighted by Gasteiger charge is -2.23. The second-order valence-electron chi connectivity index (χ2n) is 4.10. The van der Waals surface area contributed by atoms with Gasteiger partial charge in [0.25, 0.3) is 5.91 Å². The van der Waals surface area contributed by atoms with E-state index in [-0.39, 0.29) is 18.6 Å². The van der Waals surface area contributed by atoms with Crippen LogP contribution in [0.1, 0.15) is 23.2 Å². The molecule has 17 heavy (non-hydrogen) atoms. The molecule has 0 saturated carbocycles. The summed E-state index contributed by atoms with van der Waals surface area (Å²) < 4.78 is 0.693. The fourth-order valence-corrected chi connectivity index (χ4v) is 2.96. The number of aliphatic hydroxyl groups excluding tert-OH is 1. The highest BCUT2D eigenvalue weighted by molar-refractivity contribution is 9.10. The summed E-state index contributed by atoms with van der Waals surface area (Å²) in [7, 11) is 0. The Balaban J connectivity index is 2.24. The molecule has 1 fully saturated rings. The first-order valence-corrected chi connectivity index (χ1v) is 6.67. The largest absolute Gasteiger partial charge is 0.394 e. The van der Waals surface area contributed by atoms with Crippen molar-refractivity contribution in [1.82, 2.24) is 4.90 Å². The van der Waals surface area contributed by atoms with E-state index in [9.17, 15) is 9.90 Å². The van der Waals surface area contributed by atoms with Crippen LogP contribution < -0.4 is 0 Å². The summed E-state index contributed by atoms with van der Waals surface area (Å²) in [5.74, 6) is -0.0508. The Morgan fingerprint density at radius 2 is 2.35 bits per heavy atom. The molecule has 1 aliphatic heterocycles. The van der Waals surface area contributed by atoms with Crippen LogP contribution >= 0.6 is 27.5 Å². The van der Waals surface area contributed by atoms with E-state index in [1.165, 1.54) is 0 Å². The quantitative estimate of drug-likeness (QED) is 0.911. The van der Waals surface area contributed by atoms with Gasteiger partial charge in [-0.3, -0.25) is 4.79 Å². The Labute approximate surface area is 114 Å². The number of amides is 1. The van der Waals surface area contributed by atoms with Gasteiger partial charge in [-0.25, -0.2) is 0 Å². The molecule has 92 valence electrons. The molecule has 0 unspecified atom stereocenters. The number of benzene rings is 1. The number of rotatable bonds is 2. The van der Waals surface area contributed by atoms with Gasteiger partial charge in [0, 0.05) is 16.0 Å². The molecule has 1 aliphatic rings. The lowest BCUT2D eigenvalue weighted by molar-refractivity contribution is 0.0676. The van der Waals surface area contributed by atoms with Gasteiger partial charge in [0.2, 0.25) is 0 Å². The maximum atomic E-state index is 12.3. The third-order valence-corrected chi connectivity index (χ3v) is 3.90. The average Bonchev–Trinajstić information content (AvgIpc) is 2.76. The van der Waals surface area contributed by atoms with Crippen molar-refractivity contribution in [2.45, 2.75) is 18.9 Å². The van der Waals surface area contributed by atoms with Crippen molar-refractivity contribution in [3.8, 4) is 0 Å². The molecule has 2 rings (SSSR count). The second-order valence-corrected chi connectivity index (χ2v) is 5.39. The van der Waals surface area contributed by atoms with Crippen LogP contribution in [0.3, 0.4) is 0 Å². The first-order valence-electron chi connectivity index (χ1n) is 5.50. The first kappa shape index (κ1) is 12.9. The zero-order valence-electron chi connectivity index (χ0n) is 9.20. The zero-order valence-corrected chi connectivity index (χ0v) is 11.5. The molecule has 1 saturated heterocycles. The minimum Gasteiger partial charge on any atom is -0.394 e. The molecular weight excluding hydrogens is 305 g/mol. The fourth-order valence-electron chi connectivity index (χ4n) is 2.11. The van der Waals surface area contributed by atoms with Crippen molar-refractivity contribution >= 4 is 33.4 Å². The zero-order chi connectivity index (χ0) is 12.4. The summed E-state index contributed by atoms with van der Waals surface area (Å²) in [6.45, 7) is 0.732. The lowest BCUT2D eigenvalue weighted by Crippen LogP contribution is -2.37. The predicted molar refractivity (Wildman–Crippen MR) is 70.3 cm³/mol. The summed E-state index contributed by atoms with van der Waals surface area (Å²) in [6, 6.07) is 5.06. The normalized spacial score (nSPS) is 19.7. The number of hydrogen-bond donors (Lipinski definition) is 1. The van der Waals surface area contributed by atoms with Gasteiger partial charge in [-0.1, -0.05) is 11.6 Å². The molecule has 0 bridgehead atoms. The highest BCUT2D eigenvalue weighted by atomic mass is 79.9. The van der Waals surface area contributed by atoms with E-state index >= 15 is 0 Å². The summed E-state index contributed by atoms with van der Waals surface area (Å²) in [4.78, 5) is 14.0. The number of likely N-dealkylation sites (tertiary alicyclic amines) is 1. The molecule has 0 radical (unpaired) electrons. The minimum absolute atomic E-state index is 0.0248. The molecule has 1 aromatic carbocycles. The van der Waals surface area contributed by atoms with E-state index in [2.05, 4.69) is 15.9 Å². The molecule has 5 heteroatoms. The van der Waals surface area contributed by atoms with Crippen LogP contribution in [0.25, 0.3) is 0 Å². The third kappa shape index (κ3) is 2.64. The number of hydrogen-bond acceptors (Lipinski definition) is 2. The molecule has 0 spiro atoms. The van der Waals surface area contributed by atoms with Crippen LogP contribution in [-0.2, 0) is 0 Å².